The van der Waals surface area contributed by atoms with E-state index in [1.807, 2.05) is 18.2 Å². The molecule has 3 N–H and O–H groups in total. The smallest absolute Gasteiger partial charge is 0.166 e. The molecular weight excluding hydrogens is 446 g/mol. The van der Waals surface area contributed by atoms with Crippen LogP contribution in [0.2, 0.25) is 0 Å². The molecule has 2 fully saturated rings. The summed E-state index contributed by atoms with van der Waals surface area (Å²) in [7, 11) is 0. The number of aromatic amines is 1. The molecule has 8 rings (SSSR count). The number of benzene rings is 2. The molecule has 1 saturated heterocycles. The molecule has 172 valence electrons. The molecule has 0 radical (unpaired) electrons. The predicted octanol–water partition coefficient (Wildman–Crippen LogP) is 4.31. The molecule has 2 aliphatic heterocycles. The van der Waals surface area contributed by atoms with Crippen LogP contribution < -0.4 is 4.74 Å². The van der Waals surface area contributed by atoms with Crippen molar-refractivity contribution in [1.29, 1.82) is 0 Å². The monoisotopic (exact) mass is 471 g/mol. The number of phenolic OH excluding ortho intramolecular Hbond substituents is 1. The van der Waals surface area contributed by atoms with Gasteiger partial charge in [0.15, 0.2) is 17.6 Å². The van der Waals surface area contributed by atoms with Gasteiger partial charge in [0.05, 0.1) is 33.1 Å². The molecule has 3 aromatic rings. The number of fused-ring (bicyclic) bond motifs is 4. The van der Waals surface area contributed by atoms with Crippen molar-refractivity contribution in [2.45, 2.75) is 55.3 Å². The van der Waals surface area contributed by atoms with E-state index in [0.717, 1.165) is 65.3 Å². The van der Waals surface area contributed by atoms with E-state index < -0.39 is 11.0 Å². The van der Waals surface area contributed by atoms with Crippen LogP contribution >= 0.6 is 12.2 Å². The predicted molar refractivity (Wildman–Crippen MR) is 131 cm³/mol. The minimum Gasteiger partial charge on any atom is -0.504 e. The first-order chi connectivity index (χ1) is 16.5. The van der Waals surface area contributed by atoms with Gasteiger partial charge in [-0.25, -0.2) is 0 Å². The van der Waals surface area contributed by atoms with Crippen LogP contribution in [0.1, 0.15) is 47.8 Å². The van der Waals surface area contributed by atoms with Gasteiger partial charge >= 0.3 is 0 Å². The topological polar surface area (TPSA) is 81.1 Å². The van der Waals surface area contributed by atoms with Gasteiger partial charge in [-0.15, -0.1) is 0 Å². The number of ether oxygens (including phenoxy) is 1. The number of rotatable bonds is 3. The molecule has 2 bridgehead atoms. The number of H-pyrrole nitrogens is 1. The van der Waals surface area contributed by atoms with E-state index in [1.165, 1.54) is 18.4 Å². The normalized spacial score (nSPS) is 32.6. The number of isothiocyanates is 1. The van der Waals surface area contributed by atoms with Crippen molar-refractivity contribution in [3.63, 3.8) is 0 Å². The van der Waals surface area contributed by atoms with Crippen molar-refractivity contribution >= 4 is 34.0 Å². The summed E-state index contributed by atoms with van der Waals surface area (Å²) in [6.45, 7) is 2.00. The first kappa shape index (κ1) is 19.6. The van der Waals surface area contributed by atoms with E-state index in [-0.39, 0.29) is 17.9 Å². The average molecular weight is 472 g/mol. The van der Waals surface area contributed by atoms with Crippen LogP contribution in [-0.2, 0) is 18.3 Å². The number of aromatic nitrogens is 1. The third-order valence-corrected chi connectivity index (χ3v) is 9.43. The Balaban J connectivity index is 1.42. The zero-order chi connectivity index (χ0) is 22.8. The van der Waals surface area contributed by atoms with Crippen molar-refractivity contribution in [3.05, 3.63) is 52.7 Å². The lowest BCUT2D eigenvalue weighted by atomic mass is 9.49. The van der Waals surface area contributed by atoms with Crippen molar-refractivity contribution in [1.82, 2.24) is 9.88 Å². The summed E-state index contributed by atoms with van der Waals surface area (Å²) in [5.41, 5.74) is 4.39. The second-order valence-corrected chi connectivity index (χ2v) is 11.0. The summed E-state index contributed by atoms with van der Waals surface area (Å²) in [6, 6.07) is 9.81. The second-order valence-electron chi connectivity index (χ2n) is 10.8. The number of hydrogen-bond acceptors (Lipinski definition) is 6. The Hall–Kier alpha value is -2.70. The molecule has 0 unspecified atom stereocenters. The Kier molecular flexibility index (Phi) is 3.63. The van der Waals surface area contributed by atoms with Crippen LogP contribution in [0.15, 0.2) is 35.3 Å². The zero-order valence-corrected chi connectivity index (χ0v) is 19.5. The van der Waals surface area contributed by atoms with Crippen molar-refractivity contribution in [2.75, 3.05) is 13.1 Å². The Labute approximate surface area is 202 Å². The van der Waals surface area contributed by atoms with Gasteiger partial charge in [0.2, 0.25) is 0 Å². The third-order valence-electron chi connectivity index (χ3n) is 9.34. The zero-order valence-electron chi connectivity index (χ0n) is 18.7. The summed E-state index contributed by atoms with van der Waals surface area (Å²) in [5, 5.41) is 27.2. The van der Waals surface area contributed by atoms with E-state index >= 15 is 0 Å². The molecule has 1 saturated carbocycles. The van der Waals surface area contributed by atoms with Gasteiger partial charge in [0.25, 0.3) is 0 Å². The average Bonchev–Trinajstić information content (AvgIpc) is 3.46. The fourth-order valence-corrected chi connectivity index (χ4v) is 7.87. The highest BCUT2D eigenvalue weighted by Crippen LogP contribution is 2.69. The van der Waals surface area contributed by atoms with E-state index in [1.54, 1.807) is 6.07 Å². The summed E-state index contributed by atoms with van der Waals surface area (Å²) >= 11 is 4.89. The minimum atomic E-state index is -0.984. The van der Waals surface area contributed by atoms with Crippen LogP contribution in [0.3, 0.4) is 0 Å². The number of phenols is 1. The number of nitrogens with one attached hydrogen (secondary N) is 1. The fourth-order valence-electron chi connectivity index (χ4n) is 7.77. The minimum absolute atomic E-state index is 0.0243. The highest BCUT2D eigenvalue weighted by molar-refractivity contribution is 7.78. The largest absolute Gasteiger partial charge is 0.504 e. The van der Waals surface area contributed by atoms with Crippen molar-refractivity contribution in [2.24, 2.45) is 10.9 Å². The second kappa shape index (κ2) is 6.29. The Morgan fingerprint density at radius 2 is 2.15 bits per heavy atom. The van der Waals surface area contributed by atoms with Crippen LogP contribution in [-0.4, -0.2) is 50.0 Å². The molecule has 6 nitrogen and oxygen atoms in total. The molecule has 3 heterocycles. The van der Waals surface area contributed by atoms with Crippen LogP contribution in [0.25, 0.3) is 10.9 Å². The van der Waals surface area contributed by atoms with Crippen LogP contribution in [0, 0.1) is 5.92 Å². The summed E-state index contributed by atoms with van der Waals surface area (Å²) < 4.78 is 6.63. The molecule has 1 spiro atoms. The van der Waals surface area contributed by atoms with E-state index in [4.69, 9.17) is 17.0 Å². The van der Waals surface area contributed by atoms with Gasteiger partial charge in [0.1, 0.15) is 0 Å². The molecule has 5 aliphatic rings. The van der Waals surface area contributed by atoms with Gasteiger partial charge in [-0.2, -0.15) is 4.99 Å². The maximum Gasteiger partial charge on any atom is 0.166 e. The Morgan fingerprint density at radius 3 is 2.97 bits per heavy atom. The van der Waals surface area contributed by atoms with Crippen molar-refractivity contribution < 1.29 is 14.9 Å². The summed E-state index contributed by atoms with van der Waals surface area (Å²) in [6.07, 6.45) is 4.34. The van der Waals surface area contributed by atoms with E-state index in [2.05, 4.69) is 26.1 Å². The number of piperidine rings is 1. The number of aromatic hydroxyl groups is 1. The number of likely N-dealkylation sites (tertiary alicyclic amines) is 1. The number of thiocarbonyl (C=S) groups is 1. The summed E-state index contributed by atoms with van der Waals surface area (Å²) in [4.78, 5) is 10.5. The Bertz CT molecular complexity index is 1460. The van der Waals surface area contributed by atoms with Gasteiger partial charge < -0.3 is 19.9 Å². The molecule has 4 atom stereocenters. The van der Waals surface area contributed by atoms with Crippen LogP contribution in [0.5, 0.6) is 11.5 Å². The molecule has 34 heavy (non-hydrogen) atoms. The number of aliphatic imine (C=N–C) groups is 1. The first-order valence-electron chi connectivity index (χ1n) is 12.2. The Morgan fingerprint density at radius 1 is 1.26 bits per heavy atom. The lowest BCUT2D eigenvalue weighted by Gasteiger charge is -2.62. The third kappa shape index (κ3) is 2.16. The van der Waals surface area contributed by atoms with Gasteiger partial charge in [-0.1, -0.05) is 18.2 Å². The molecule has 0 amide bonds. The molecule has 7 heteroatoms. The number of para-hydroxylation sites is 1. The SMILES string of the molecule is Oc1ccc2c3c1O[C@H]1c4[nH]c5c(N=C=S)cccc5c4C[C@@]4(O)[C@@H](C2)N(CC2CC2)CC[C@]314. The highest BCUT2D eigenvalue weighted by atomic mass is 32.1. The lowest BCUT2D eigenvalue weighted by molar-refractivity contribution is -0.173. The number of hydrogen-bond donors (Lipinski definition) is 3. The number of aliphatic hydroxyl groups is 1. The highest BCUT2D eigenvalue weighted by Gasteiger charge is 2.72. The first-order valence-corrected chi connectivity index (χ1v) is 12.7. The maximum atomic E-state index is 12.8. The molecular formula is C27H25N3O3S. The maximum absolute atomic E-state index is 12.8. The quantitative estimate of drug-likeness (QED) is 0.392. The molecule has 3 aliphatic carbocycles. The molecule has 2 aromatic carbocycles. The van der Waals surface area contributed by atoms with Gasteiger partial charge in [-0.3, -0.25) is 4.90 Å². The fraction of sp³-hybridized carbons (Fsp3) is 0.444. The van der Waals surface area contributed by atoms with Crippen LogP contribution in [0.4, 0.5) is 5.69 Å². The van der Waals surface area contributed by atoms with Gasteiger partial charge in [0, 0.05) is 30.0 Å². The van der Waals surface area contributed by atoms with Gasteiger partial charge in [-0.05, 0) is 73.6 Å². The number of nitrogens with zero attached hydrogens (tertiary/aromatic N) is 2. The lowest BCUT2D eigenvalue weighted by Crippen LogP contribution is -2.74. The summed E-state index contributed by atoms with van der Waals surface area (Å²) in [5.74, 6) is 1.47. The standard InChI is InChI=1S/C27H25N3O3S/c31-19-7-6-15-10-20-27(32)11-17-16-2-1-3-18(28-13-34)22(16)29-23(17)25-26(27,21(15)24(19)33-25)8-9-30(20)12-14-4-5-14/h1-3,6-7,14,20,25,29,31-32H,4-5,8-12H2/t20-,25+,26+,27-/m1/s1. The van der Waals surface area contributed by atoms with Crippen molar-refractivity contribution in [3.8, 4) is 11.5 Å². The van der Waals surface area contributed by atoms with E-state index in [9.17, 15) is 10.2 Å². The van der Waals surface area contributed by atoms with E-state index in [0.29, 0.717) is 12.2 Å². The molecule has 1 aromatic heterocycles.